The van der Waals surface area contributed by atoms with E-state index in [-0.39, 0.29) is 0 Å². The fourth-order valence-corrected chi connectivity index (χ4v) is 3.52. The molecular weight excluding hydrogens is 280 g/mol. The summed E-state index contributed by atoms with van der Waals surface area (Å²) in [7, 11) is 2.24. The molecule has 0 aliphatic heterocycles. The molecule has 0 spiro atoms. The zero-order chi connectivity index (χ0) is 15.1. The third-order valence-corrected chi connectivity index (χ3v) is 4.93. The SMILES string of the molecule is CCCNCc1c(Cl)cccc1N(C)C1CCCCCC1. The second-order valence-corrected chi connectivity index (χ2v) is 6.58. The zero-order valence-electron chi connectivity index (χ0n) is 13.5. The van der Waals surface area contributed by atoms with Crippen molar-refractivity contribution in [1.29, 1.82) is 0 Å². The lowest BCUT2D eigenvalue weighted by molar-refractivity contribution is 0.550. The zero-order valence-corrected chi connectivity index (χ0v) is 14.3. The van der Waals surface area contributed by atoms with Gasteiger partial charge in [-0.05, 0) is 37.9 Å². The number of rotatable bonds is 6. The van der Waals surface area contributed by atoms with E-state index in [9.17, 15) is 0 Å². The summed E-state index contributed by atoms with van der Waals surface area (Å²) < 4.78 is 0. The van der Waals surface area contributed by atoms with Gasteiger partial charge in [0.1, 0.15) is 0 Å². The maximum Gasteiger partial charge on any atom is 0.0471 e. The lowest BCUT2D eigenvalue weighted by Crippen LogP contribution is -2.32. The Bertz CT molecular complexity index is 425. The van der Waals surface area contributed by atoms with Gasteiger partial charge in [0.25, 0.3) is 0 Å². The van der Waals surface area contributed by atoms with Gasteiger partial charge in [0, 0.05) is 35.9 Å². The van der Waals surface area contributed by atoms with E-state index in [0.717, 1.165) is 24.5 Å². The molecule has 0 aromatic heterocycles. The van der Waals surface area contributed by atoms with E-state index in [2.05, 4.69) is 36.3 Å². The van der Waals surface area contributed by atoms with Gasteiger partial charge in [-0.2, -0.15) is 0 Å². The van der Waals surface area contributed by atoms with Crippen molar-refractivity contribution >= 4 is 17.3 Å². The second kappa shape index (κ2) is 8.65. The smallest absolute Gasteiger partial charge is 0.0471 e. The van der Waals surface area contributed by atoms with Crippen LogP contribution in [0, 0.1) is 0 Å². The summed E-state index contributed by atoms with van der Waals surface area (Å²) in [6.45, 7) is 4.09. The molecule has 0 radical (unpaired) electrons. The van der Waals surface area contributed by atoms with Crippen LogP contribution in [0.3, 0.4) is 0 Å². The van der Waals surface area contributed by atoms with Gasteiger partial charge in [-0.25, -0.2) is 0 Å². The number of anilines is 1. The lowest BCUT2D eigenvalue weighted by atomic mass is 10.0. The van der Waals surface area contributed by atoms with Crippen LogP contribution in [-0.4, -0.2) is 19.6 Å². The molecule has 0 saturated heterocycles. The van der Waals surface area contributed by atoms with E-state index < -0.39 is 0 Å². The van der Waals surface area contributed by atoms with Crippen molar-refractivity contribution in [2.75, 3.05) is 18.5 Å². The molecule has 0 heterocycles. The first-order valence-electron chi connectivity index (χ1n) is 8.45. The number of nitrogens with zero attached hydrogens (tertiary/aromatic N) is 1. The van der Waals surface area contributed by atoms with Crippen molar-refractivity contribution in [1.82, 2.24) is 5.32 Å². The molecule has 1 aliphatic rings. The number of hydrogen-bond donors (Lipinski definition) is 1. The fraction of sp³-hybridized carbons (Fsp3) is 0.667. The Morgan fingerprint density at radius 3 is 2.57 bits per heavy atom. The third kappa shape index (κ3) is 4.62. The van der Waals surface area contributed by atoms with Crippen molar-refractivity contribution in [2.24, 2.45) is 0 Å². The monoisotopic (exact) mass is 308 g/mol. The number of hydrogen-bond acceptors (Lipinski definition) is 2. The molecule has 0 unspecified atom stereocenters. The van der Waals surface area contributed by atoms with Crippen LogP contribution < -0.4 is 10.2 Å². The van der Waals surface area contributed by atoms with E-state index in [4.69, 9.17) is 11.6 Å². The summed E-state index contributed by atoms with van der Waals surface area (Å²) in [6.07, 6.45) is 9.28. The quantitative estimate of drug-likeness (QED) is 0.588. The van der Waals surface area contributed by atoms with E-state index >= 15 is 0 Å². The molecule has 2 rings (SSSR count). The summed E-state index contributed by atoms with van der Waals surface area (Å²) in [6, 6.07) is 6.97. The van der Waals surface area contributed by atoms with Crippen LogP contribution in [0.25, 0.3) is 0 Å². The standard InChI is InChI=1S/C18H29ClN2/c1-3-13-20-14-16-17(19)11-8-12-18(16)21(2)15-9-6-4-5-7-10-15/h8,11-12,15,20H,3-7,9-10,13-14H2,1-2H3. The molecular formula is C18H29ClN2. The molecule has 2 nitrogen and oxygen atoms in total. The van der Waals surface area contributed by atoms with E-state index in [1.54, 1.807) is 0 Å². The molecule has 1 fully saturated rings. The molecule has 3 heteroatoms. The molecule has 1 aromatic carbocycles. The Kier molecular flexibility index (Phi) is 6.85. The van der Waals surface area contributed by atoms with Crippen LogP contribution in [0.2, 0.25) is 5.02 Å². The lowest BCUT2D eigenvalue weighted by Gasteiger charge is -2.31. The van der Waals surface area contributed by atoms with Crippen LogP contribution in [0.5, 0.6) is 0 Å². The fourth-order valence-electron chi connectivity index (χ4n) is 3.28. The normalized spacial score (nSPS) is 16.7. The Labute approximate surface area is 134 Å². The highest BCUT2D eigenvalue weighted by atomic mass is 35.5. The second-order valence-electron chi connectivity index (χ2n) is 6.17. The minimum atomic E-state index is 0.663. The summed E-state index contributed by atoms with van der Waals surface area (Å²) in [5.41, 5.74) is 2.55. The van der Waals surface area contributed by atoms with Crippen molar-refractivity contribution in [3.63, 3.8) is 0 Å². The van der Waals surface area contributed by atoms with Crippen molar-refractivity contribution in [3.8, 4) is 0 Å². The maximum atomic E-state index is 6.46. The molecule has 1 aromatic rings. The molecule has 21 heavy (non-hydrogen) atoms. The Morgan fingerprint density at radius 2 is 1.90 bits per heavy atom. The number of halogens is 1. The molecule has 1 aliphatic carbocycles. The molecule has 118 valence electrons. The van der Waals surface area contributed by atoms with Gasteiger partial charge in [-0.1, -0.05) is 50.3 Å². The van der Waals surface area contributed by atoms with Crippen LogP contribution in [0.15, 0.2) is 18.2 Å². The maximum absolute atomic E-state index is 6.46. The highest BCUT2D eigenvalue weighted by Gasteiger charge is 2.20. The number of nitrogens with one attached hydrogen (secondary N) is 1. The average Bonchev–Trinajstić information content (AvgIpc) is 2.77. The predicted octanol–water partition coefficient (Wildman–Crippen LogP) is 5.00. The molecule has 1 N–H and O–H groups in total. The first-order valence-corrected chi connectivity index (χ1v) is 8.82. The summed E-state index contributed by atoms with van der Waals surface area (Å²) >= 11 is 6.46. The van der Waals surface area contributed by atoms with Crippen molar-refractivity contribution < 1.29 is 0 Å². The molecule has 0 amide bonds. The highest BCUT2D eigenvalue weighted by molar-refractivity contribution is 6.31. The van der Waals surface area contributed by atoms with Gasteiger partial charge in [-0.3, -0.25) is 0 Å². The van der Waals surface area contributed by atoms with Gasteiger partial charge in [0.2, 0.25) is 0 Å². The van der Waals surface area contributed by atoms with Gasteiger partial charge < -0.3 is 10.2 Å². The van der Waals surface area contributed by atoms with Crippen LogP contribution >= 0.6 is 11.6 Å². The van der Waals surface area contributed by atoms with E-state index in [1.165, 1.54) is 49.8 Å². The van der Waals surface area contributed by atoms with Crippen molar-refractivity contribution in [3.05, 3.63) is 28.8 Å². The Hall–Kier alpha value is -0.730. The minimum absolute atomic E-state index is 0.663. The average molecular weight is 309 g/mol. The van der Waals surface area contributed by atoms with Gasteiger partial charge in [0.15, 0.2) is 0 Å². The molecule has 0 atom stereocenters. The van der Waals surface area contributed by atoms with E-state index in [0.29, 0.717) is 6.04 Å². The summed E-state index contributed by atoms with van der Waals surface area (Å²) in [5, 5.41) is 4.38. The highest BCUT2D eigenvalue weighted by Crippen LogP contribution is 2.31. The van der Waals surface area contributed by atoms with Crippen molar-refractivity contribution in [2.45, 2.75) is 64.5 Å². The summed E-state index contributed by atoms with van der Waals surface area (Å²) in [5.74, 6) is 0. The first-order chi connectivity index (χ1) is 10.2. The number of benzene rings is 1. The minimum Gasteiger partial charge on any atom is -0.371 e. The van der Waals surface area contributed by atoms with Crippen LogP contribution in [0.4, 0.5) is 5.69 Å². The predicted molar refractivity (Wildman–Crippen MR) is 93.3 cm³/mol. The largest absolute Gasteiger partial charge is 0.371 e. The summed E-state index contributed by atoms with van der Waals surface area (Å²) in [4.78, 5) is 2.47. The van der Waals surface area contributed by atoms with Gasteiger partial charge in [-0.15, -0.1) is 0 Å². The Balaban J connectivity index is 2.14. The molecule has 1 saturated carbocycles. The molecule has 0 bridgehead atoms. The van der Waals surface area contributed by atoms with E-state index in [1.807, 2.05) is 6.07 Å². The first kappa shape index (κ1) is 16.6. The van der Waals surface area contributed by atoms with Crippen LogP contribution in [0.1, 0.15) is 57.4 Å². The topological polar surface area (TPSA) is 15.3 Å². The Morgan fingerprint density at radius 1 is 1.19 bits per heavy atom. The van der Waals surface area contributed by atoms with Crippen LogP contribution in [-0.2, 0) is 6.54 Å². The third-order valence-electron chi connectivity index (χ3n) is 4.58. The van der Waals surface area contributed by atoms with Gasteiger partial charge >= 0.3 is 0 Å². The van der Waals surface area contributed by atoms with Gasteiger partial charge in [0.05, 0.1) is 0 Å².